The summed E-state index contributed by atoms with van der Waals surface area (Å²) < 4.78 is 5.52. The Labute approximate surface area is 113 Å². The largest absolute Gasteiger partial charge is 0.494 e. The molecule has 0 bridgehead atoms. The van der Waals surface area contributed by atoms with Crippen molar-refractivity contribution in [3.8, 4) is 5.75 Å². The van der Waals surface area contributed by atoms with Crippen LogP contribution in [0.5, 0.6) is 5.75 Å². The monoisotopic (exact) mass is 263 g/mol. The third kappa shape index (κ3) is 3.26. The van der Waals surface area contributed by atoms with Crippen LogP contribution in [0.3, 0.4) is 0 Å². The number of carboxylic acids is 1. The summed E-state index contributed by atoms with van der Waals surface area (Å²) in [6.07, 6.45) is 2.59. The average Bonchev–Trinajstić information content (AvgIpc) is 2.66. The molecule has 0 heterocycles. The summed E-state index contributed by atoms with van der Waals surface area (Å²) in [6.45, 7) is 2.61. The molecule has 4 heteroatoms. The number of ether oxygens (including phenoxy) is 1. The minimum atomic E-state index is -0.741. The third-order valence-corrected chi connectivity index (χ3v) is 3.71. The van der Waals surface area contributed by atoms with Gasteiger partial charge in [-0.05, 0) is 55.4 Å². The molecule has 19 heavy (non-hydrogen) atoms. The molecule has 0 amide bonds. The van der Waals surface area contributed by atoms with Crippen molar-refractivity contribution in [2.75, 3.05) is 6.61 Å². The number of aliphatic carboxylic acids is 1. The van der Waals surface area contributed by atoms with Crippen LogP contribution in [0.2, 0.25) is 0 Å². The van der Waals surface area contributed by atoms with Crippen molar-refractivity contribution in [2.24, 2.45) is 5.73 Å². The molecule has 0 saturated carbocycles. The van der Waals surface area contributed by atoms with Crippen molar-refractivity contribution in [3.05, 3.63) is 29.3 Å². The molecule has 2 rings (SSSR count). The number of carbonyl (C=O) groups is 1. The van der Waals surface area contributed by atoms with Crippen LogP contribution in [0.1, 0.15) is 43.2 Å². The van der Waals surface area contributed by atoms with Crippen LogP contribution in [0.4, 0.5) is 0 Å². The third-order valence-electron chi connectivity index (χ3n) is 3.71. The van der Waals surface area contributed by atoms with Gasteiger partial charge in [0, 0.05) is 12.5 Å². The Hall–Kier alpha value is -1.55. The second-order valence-electron chi connectivity index (χ2n) is 5.05. The van der Waals surface area contributed by atoms with Gasteiger partial charge in [-0.3, -0.25) is 4.79 Å². The molecular formula is C15H21NO3. The zero-order valence-corrected chi connectivity index (χ0v) is 11.3. The lowest BCUT2D eigenvalue weighted by Gasteiger charge is -2.16. The highest BCUT2D eigenvalue weighted by atomic mass is 16.5. The smallest absolute Gasteiger partial charge is 0.303 e. The summed E-state index contributed by atoms with van der Waals surface area (Å²) in [5.74, 6) is 0.392. The normalized spacial score (nSPS) is 21.2. The Kier molecular flexibility index (Phi) is 4.43. The number of hydrogen-bond acceptors (Lipinski definition) is 3. The second kappa shape index (κ2) is 6.06. The van der Waals surface area contributed by atoms with Gasteiger partial charge in [-0.25, -0.2) is 0 Å². The SMILES string of the molecule is CCOc1ccc2c(c1)C(CCCC(=O)O)C(N)C2. The van der Waals surface area contributed by atoms with Gasteiger partial charge in [0.05, 0.1) is 6.61 Å². The number of hydrogen-bond donors (Lipinski definition) is 2. The zero-order valence-electron chi connectivity index (χ0n) is 11.3. The number of carboxylic acid groups (broad SMARTS) is 1. The first-order chi connectivity index (χ1) is 9.11. The van der Waals surface area contributed by atoms with Crippen molar-refractivity contribution in [3.63, 3.8) is 0 Å². The molecule has 3 N–H and O–H groups in total. The Bertz CT molecular complexity index is 459. The van der Waals surface area contributed by atoms with Crippen LogP contribution in [0, 0.1) is 0 Å². The van der Waals surface area contributed by atoms with Crippen molar-refractivity contribution < 1.29 is 14.6 Å². The molecule has 0 aliphatic heterocycles. The first-order valence-electron chi connectivity index (χ1n) is 6.84. The molecule has 2 unspecified atom stereocenters. The fourth-order valence-corrected chi connectivity index (χ4v) is 2.83. The molecule has 1 aromatic carbocycles. The molecule has 0 radical (unpaired) electrons. The van der Waals surface area contributed by atoms with Gasteiger partial charge >= 0.3 is 5.97 Å². The maximum atomic E-state index is 10.6. The van der Waals surface area contributed by atoms with Crippen LogP contribution >= 0.6 is 0 Å². The van der Waals surface area contributed by atoms with E-state index in [9.17, 15) is 4.79 Å². The second-order valence-corrected chi connectivity index (χ2v) is 5.05. The molecule has 104 valence electrons. The summed E-state index contributed by atoms with van der Waals surface area (Å²) in [7, 11) is 0. The van der Waals surface area contributed by atoms with E-state index in [4.69, 9.17) is 15.6 Å². The number of nitrogens with two attached hydrogens (primary N) is 1. The lowest BCUT2D eigenvalue weighted by Crippen LogP contribution is -2.25. The van der Waals surface area contributed by atoms with Gasteiger partial charge in [0.2, 0.25) is 0 Å². The van der Waals surface area contributed by atoms with E-state index in [0.29, 0.717) is 13.0 Å². The Morgan fingerprint density at radius 1 is 1.53 bits per heavy atom. The highest BCUT2D eigenvalue weighted by molar-refractivity contribution is 5.66. The maximum absolute atomic E-state index is 10.6. The quantitative estimate of drug-likeness (QED) is 0.826. The molecular weight excluding hydrogens is 242 g/mol. The molecule has 2 atom stereocenters. The van der Waals surface area contributed by atoms with Gasteiger partial charge in [-0.2, -0.15) is 0 Å². The van der Waals surface area contributed by atoms with Crippen molar-refractivity contribution in [2.45, 2.75) is 44.6 Å². The van der Waals surface area contributed by atoms with Gasteiger partial charge in [0.25, 0.3) is 0 Å². The molecule has 1 aliphatic carbocycles. The molecule has 0 fully saturated rings. The molecule has 0 aromatic heterocycles. The summed E-state index contributed by atoms with van der Waals surface area (Å²) in [5, 5.41) is 8.71. The number of benzene rings is 1. The van der Waals surface area contributed by atoms with E-state index in [1.807, 2.05) is 13.0 Å². The van der Waals surface area contributed by atoms with Gasteiger partial charge < -0.3 is 15.6 Å². The van der Waals surface area contributed by atoms with E-state index in [1.54, 1.807) is 0 Å². The van der Waals surface area contributed by atoms with E-state index in [-0.39, 0.29) is 18.4 Å². The minimum Gasteiger partial charge on any atom is -0.494 e. The van der Waals surface area contributed by atoms with Crippen LogP contribution in [0.25, 0.3) is 0 Å². The Balaban J connectivity index is 2.09. The molecule has 4 nitrogen and oxygen atoms in total. The van der Waals surface area contributed by atoms with Crippen molar-refractivity contribution >= 4 is 5.97 Å². The molecule has 0 spiro atoms. The topological polar surface area (TPSA) is 72.5 Å². The summed E-state index contributed by atoms with van der Waals surface area (Å²) in [4.78, 5) is 10.6. The van der Waals surface area contributed by atoms with Gasteiger partial charge in [-0.15, -0.1) is 0 Å². The van der Waals surface area contributed by atoms with Crippen LogP contribution in [0.15, 0.2) is 18.2 Å². The first kappa shape index (κ1) is 13.9. The molecule has 0 saturated heterocycles. The number of fused-ring (bicyclic) bond motifs is 1. The summed E-state index contributed by atoms with van der Waals surface area (Å²) >= 11 is 0. The highest BCUT2D eigenvalue weighted by Gasteiger charge is 2.29. The fraction of sp³-hybridized carbons (Fsp3) is 0.533. The van der Waals surface area contributed by atoms with Gasteiger partial charge in [-0.1, -0.05) is 6.07 Å². The van der Waals surface area contributed by atoms with Crippen LogP contribution < -0.4 is 10.5 Å². The Morgan fingerprint density at radius 2 is 2.32 bits per heavy atom. The highest BCUT2D eigenvalue weighted by Crippen LogP contribution is 2.37. The van der Waals surface area contributed by atoms with Crippen molar-refractivity contribution in [1.82, 2.24) is 0 Å². The van der Waals surface area contributed by atoms with Crippen molar-refractivity contribution in [1.29, 1.82) is 0 Å². The maximum Gasteiger partial charge on any atom is 0.303 e. The zero-order chi connectivity index (χ0) is 13.8. The van der Waals surface area contributed by atoms with Crippen LogP contribution in [-0.4, -0.2) is 23.7 Å². The summed E-state index contributed by atoms with van der Waals surface area (Å²) in [5.41, 5.74) is 8.70. The molecule has 1 aliphatic rings. The standard InChI is InChI=1S/C15H21NO3/c1-2-19-11-7-6-10-8-14(16)12(13(10)9-11)4-3-5-15(17)18/h6-7,9,12,14H,2-5,8,16H2,1H3,(H,17,18). The van der Waals surface area contributed by atoms with Gasteiger partial charge in [0.1, 0.15) is 5.75 Å². The fourth-order valence-electron chi connectivity index (χ4n) is 2.83. The van der Waals surface area contributed by atoms with E-state index in [2.05, 4.69) is 12.1 Å². The average molecular weight is 263 g/mol. The van der Waals surface area contributed by atoms with E-state index >= 15 is 0 Å². The summed E-state index contributed by atoms with van der Waals surface area (Å²) in [6, 6.07) is 6.23. The predicted octanol–water partition coefficient (Wildman–Crippen LogP) is 2.31. The molecule has 1 aromatic rings. The lowest BCUT2D eigenvalue weighted by molar-refractivity contribution is -0.137. The minimum absolute atomic E-state index is 0.0978. The van der Waals surface area contributed by atoms with Crippen LogP contribution in [-0.2, 0) is 11.2 Å². The lowest BCUT2D eigenvalue weighted by atomic mass is 9.93. The van der Waals surface area contributed by atoms with E-state index in [1.165, 1.54) is 11.1 Å². The predicted molar refractivity (Wildman–Crippen MR) is 73.5 cm³/mol. The van der Waals surface area contributed by atoms with E-state index in [0.717, 1.165) is 18.6 Å². The first-order valence-corrected chi connectivity index (χ1v) is 6.84. The van der Waals surface area contributed by atoms with E-state index < -0.39 is 5.97 Å². The Morgan fingerprint density at radius 3 is 3.00 bits per heavy atom. The van der Waals surface area contributed by atoms with Gasteiger partial charge in [0.15, 0.2) is 0 Å². The number of rotatable bonds is 6.